The molecule has 1 aromatic carbocycles. The SMILES string of the molecule is O=P([O-])([O-])[O-].O=P([O-])([O-])[O-].O=P([O-])([O-])[O-].c1ccccc1. The molecule has 0 aliphatic carbocycles. The lowest BCUT2D eigenvalue weighted by Gasteiger charge is -2.36. The van der Waals surface area contributed by atoms with E-state index in [2.05, 4.69) is 0 Å². The van der Waals surface area contributed by atoms with Crippen LogP contribution in [0, 0.1) is 0 Å². The first kappa shape index (κ1) is 25.5. The van der Waals surface area contributed by atoms with E-state index in [4.69, 9.17) is 57.7 Å². The summed E-state index contributed by atoms with van der Waals surface area (Å²) in [5.74, 6) is 0. The van der Waals surface area contributed by atoms with E-state index in [0.717, 1.165) is 0 Å². The van der Waals surface area contributed by atoms with Crippen molar-refractivity contribution in [3.8, 4) is 0 Å². The summed E-state index contributed by atoms with van der Waals surface area (Å²) >= 11 is 0. The van der Waals surface area contributed by atoms with Crippen molar-refractivity contribution in [2.75, 3.05) is 0 Å². The average Bonchev–Trinajstić information content (AvgIpc) is 2.12. The fourth-order valence-electron chi connectivity index (χ4n) is 0.385. The molecular weight excluding hydrogens is 357 g/mol. The Bertz CT molecular complexity index is 372. The third-order valence-electron chi connectivity index (χ3n) is 0.667. The van der Waals surface area contributed by atoms with E-state index in [9.17, 15) is 0 Å². The van der Waals surface area contributed by atoms with Crippen LogP contribution in [0.1, 0.15) is 0 Å². The highest BCUT2D eigenvalue weighted by Crippen LogP contribution is 2.04. The van der Waals surface area contributed by atoms with Gasteiger partial charge in [0.25, 0.3) is 0 Å². The van der Waals surface area contributed by atoms with Crippen LogP contribution >= 0.6 is 23.5 Å². The van der Waals surface area contributed by atoms with Gasteiger partial charge in [-0.15, -0.1) is 0 Å². The summed E-state index contributed by atoms with van der Waals surface area (Å²) < 4.78 is 25.6. The molecule has 126 valence electrons. The molecule has 21 heavy (non-hydrogen) atoms. The summed E-state index contributed by atoms with van der Waals surface area (Å²) in [5.41, 5.74) is 0. The molecule has 0 N–H and O–H groups in total. The van der Waals surface area contributed by atoms with Gasteiger partial charge < -0.3 is 57.7 Å². The zero-order valence-corrected chi connectivity index (χ0v) is 12.4. The molecule has 0 saturated carbocycles. The van der Waals surface area contributed by atoms with Gasteiger partial charge in [-0.25, -0.2) is 0 Å². The van der Waals surface area contributed by atoms with Crippen molar-refractivity contribution < 1.29 is 57.7 Å². The molecule has 0 radical (unpaired) electrons. The largest absolute Gasteiger partial charge is 0.822 e. The number of rotatable bonds is 0. The fraction of sp³-hybridized carbons (Fsp3) is 0. The monoisotopic (exact) mass is 363 g/mol. The molecule has 1 rings (SSSR count). The Morgan fingerprint density at radius 3 is 0.476 bits per heavy atom. The lowest BCUT2D eigenvalue weighted by atomic mass is 10.4. The Hall–Kier alpha value is -0.450. The molecule has 15 heteroatoms. The van der Waals surface area contributed by atoms with E-state index in [0.29, 0.717) is 0 Å². The van der Waals surface area contributed by atoms with Crippen molar-refractivity contribution in [2.45, 2.75) is 0 Å². The molecule has 12 nitrogen and oxygen atoms in total. The Morgan fingerprint density at radius 1 is 0.381 bits per heavy atom. The van der Waals surface area contributed by atoms with E-state index in [1.807, 2.05) is 36.4 Å². The molecule has 0 atom stereocenters. The van der Waals surface area contributed by atoms with Gasteiger partial charge in [-0.05, 0) is 0 Å². The normalized spacial score (nSPS) is 10.7. The van der Waals surface area contributed by atoms with E-state index < -0.39 is 23.5 Å². The van der Waals surface area contributed by atoms with Gasteiger partial charge in [0.2, 0.25) is 0 Å². The van der Waals surface area contributed by atoms with Crippen LogP contribution in [-0.2, 0) is 13.7 Å². The average molecular weight is 363 g/mol. The number of hydrogen-bond donors (Lipinski definition) is 0. The van der Waals surface area contributed by atoms with Gasteiger partial charge in [0.1, 0.15) is 0 Å². The fourth-order valence-corrected chi connectivity index (χ4v) is 0.385. The first-order valence-electron chi connectivity index (χ1n) is 4.19. The van der Waals surface area contributed by atoms with Gasteiger partial charge in [-0.2, -0.15) is 23.5 Å². The van der Waals surface area contributed by atoms with Gasteiger partial charge in [-0.1, -0.05) is 36.4 Å². The van der Waals surface area contributed by atoms with Crippen LogP contribution in [-0.4, -0.2) is 0 Å². The molecule has 0 spiro atoms. The van der Waals surface area contributed by atoms with Crippen LogP contribution in [0.3, 0.4) is 0 Å². The van der Waals surface area contributed by atoms with E-state index in [-0.39, 0.29) is 0 Å². The Balaban J connectivity index is -0.000000207. The van der Waals surface area contributed by atoms with E-state index in [1.165, 1.54) is 0 Å². The zero-order chi connectivity index (χ0) is 17.7. The lowest BCUT2D eigenvalue weighted by Crippen LogP contribution is -2.24. The molecule has 0 amide bonds. The van der Waals surface area contributed by atoms with Crippen molar-refractivity contribution in [3.05, 3.63) is 36.4 Å². The predicted molar refractivity (Wildman–Crippen MR) is 49.3 cm³/mol. The summed E-state index contributed by atoms with van der Waals surface area (Å²) in [4.78, 5) is 76.9. The first-order chi connectivity index (χ1) is 9.00. The minimum absolute atomic E-state index is 2.00. The van der Waals surface area contributed by atoms with Crippen LogP contribution in [0.2, 0.25) is 0 Å². The van der Waals surface area contributed by atoms with Crippen LogP contribution in [0.15, 0.2) is 36.4 Å². The molecule has 0 unspecified atom stereocenters. The molecule has 0 aliphatic heterocycles. The summed E-state index contributed by atoms with van der Waals surface area (Å²) in [7, 11) is -16.2. The third kappa shape index (κ3) is 195. The smallest absolute Gasteiger partial charge is 0.0623 e. The Morgan fingerprint density at radius 2 is 0.429 bits per heavy atom. The molecule has 0 saturated heterocycles. The van der Waals surface area contributed by atoms with Crippen molar-refractivity contribution in [2.24, 2.45) is 0 Å². The summed E-state index contributed by atoms with van der Waals surface area (Å²) in [6, 6.07) is 12.0. The molecular formula is C6H6O12P3-9. The quantitative estimate of drug-likeness (QED) is 0.389. The second-order valence-electron chi connectivity index (χ2n) is 2.50. The highest BCUT2D eigenvalue weighted by molar-refractivity contribution is 7.40. The number of phosphoric acid groups is 3. The van der Waals surface area contributed by atoms with Crippen molar-refractivity contribution in [1.82, 2.24) is 0 Å². The standard InChI is InChI=1S/C6H6.3H3O4P/c1-2-4-6-5-3-1;3*1-5(2,3)4/h1-6H;3*(H3,1,2,3,4)/p-9. The first-order valence-corrected chi connectivity index (χ1v) is 8.57. The predicted octanol–water partition coefficient (Wildman–Crippen LogP) is -6.79. The highest BCUT2D eigenvalue weighted by atomic mass is 31.2. The van der Waals surface area contributed by atoms with Gasteiger partial charge >= 0.3 is 0 Å². The lowest BCUT2D eigenvalue weighted by molar-refractivity contribution is -0.434. The molecule has 0 heterocycles. The van der Waals surface area contributed by atoms with Crippen molar-refractivity contribution in [3.63, 3.8) is 0 Å². The minimum Gasteiger partial charge on any atom is -0.822 e. The van der Waals surface area contributed by atoms with Crippen molar-refractivity contribution >= 4 is 23.5 Å². The van der Waals surface area contributed by atoms with Crippen LogP contribution < -0.4 is 44.0 Å². The maximum absolute atomic E-state index is 8.55. The molecule has 1 aromatic rings. The van der Waals surface area contributed by atoms with Crippen molar-refractivity contribution in [1.29, 1.82) is 0 Å². The van der Waals surface area contributed by atoms with E-state index in [1.54, 1.807) is 0 Å². The summed E-state index contributed by atoms with van der Waals surface area (Å²) in [6.07, 6.45) is 0. The Kier molecular flexibility index (Phi) is 14.7. The number of benzene rings is 1. The van der Waals surface area contributed by atoms with Gasteiger partial charge in [-0.3, -0.25) is 0 Å². The number of hydrogen-bond acceptors (Lipinski definition) is 12. The molecule has 0 aromatic heterocycles. The van der Waals surface area contributed by atoms with Gasteiger partial charge in [0.15, 0.2) is 0 Å². The molecule has 0 aliphatic rings. The third-order valence-corrected chi connectivity index (χ3v) is 0.667. The maximum Gasteiger partial charge on any atom is -0.0623 e. The van der Waals surface area contributed by atoms with Gasteiger partial charge in [0.05, 0.1) is 0 Å². The van der Waals surface area contributed by atoms with Crippen LogP contribution in [0.5, 0.6) is 0 Å². The molecule has 0 bridgehead atoms. The Labute approximate surface area is 118 Å². The van der Waals surface area contributed by atoms with Crippen LogP contribution in [0.25, 0.3) is 0 Å². The minimum atomic E-state index is -5.39. The maximum atomic E-state index is 8.55. The molecule has 0 fully saturated rings. The topological polar surface area (TPSA) is 259 Å². The van der Waals surface area contributed by atoms with Gasteiger partial charge in [0, 0.05) is 0 Å². The van der Waals surface area contributed by atoms with E-state index >= 15 is 0 Å². The summed E-state index contributed by atoms with van der Waals surface area (Å²) in [6.45, 7) is 0. The second-order valence-corrected chi connectivity index (χ2v) is 5.18. The highest BCUT2D eigenvalue weighted by Gasteiger charge is 1.57. The van der Waals surface area contributed by atoms with Crippen LogP contribution in [0.4, 0.5) is 0 Å². The summed E-state index contributed by atoms with van der Waals surface area (Å²) in [5, 5.41) is 0. The second kappa shape index (κ2) is 12.1. The zero-order valence-electron chi connectivity index (χ0n) is 9.70.